The van der Waals surface area contributed by atoms with Gasteiger partial charge in [-0.1, -0.05) is 30.0 Å². The Labute approximate surface area is 153 Å². The molecule has 9 heteroatoms. The van der Waals surface area contributed by atoms with Crippen LogP contribution in [0.1, 0.15) is 12.5 Å². The molecule has 3 rings (SSSR count). The number of nitro benzene ring substituents is 1. The number of nitro groups is 1. The molecule has 0 bridgehead atoms. The van der Waals surface area contributed by atoms with Gasteiger partial charge in [-0.3, -0.25) is 19.5 Å². The first-order valence-electron chi connectivity index (χ1n) is 7.67. The molecule has 0 aliphatic rings. The highest BCUT2D eigenvalue weighted by Gasteiger charge is 2.10. The van der Waals surface area contributed by atoms with Crippen molar-refractivity contribution in [3.05, 3.63) is 70.5 Å². The summed E-state index contributed by atoms with van der Waals surface area (Å²) in [5.41, 5.74) is 2.53. The summed E-state index contributed by atoms with van der Waals surface area (Å²) in [6, 6.07) is 13.8. The monoisotopic (exact) mass is 369 g/mol. The Bertz CT molecular complexity index is 940. The lowest BCUT2D eigenvalue weighted by Crippen LogP contribution is -2.06. The topological polar surface area (TPSA) is 103 Å². The molecule has 2 aromatic carbocycles. The van der Waals surface area contributed by atoms with Gasteiger partial charge in [0.1, 0.15) is 6.33 Å². The number of benzene rings is 2. The summed E-state index contributed by atoms with van der Waals surface area (Å²) in [6.45, 7) is 1.46. The highest BCUT2D eigenvalue weighted by Crippen LogP contribution is 2.25. The van der Waals surface area contributed by atoms with Gasteiger partial charge in [0.25, 0.3) is 5.69 Å². The largest absolute Gasteiger partial charge is 0.326 e. The fourth-order valence-corrected chi connectivity index (χ4v) is 3.18. The highest BCUT2D eigenvalue weighted by molar-refractivity contribution is 7.98. The zero-order chi connectivity index (χ0) is 18.5. The molecule has 1 heterocycles. The van der Waals surface area contributed by atoms with Crippen molar-refractivity contribution in [2.24, 2.45) is 0 Å². The van der Waals surface area contributed by atoms with Crippen molar-refractivity contribution >= 4 is 29.0 Å². The Morgan fingerprint density at radius 3 is 2.73 bits per heavy atom. The van der Waals surface area contributed by atoms with E-state index in [1.807, 2.05) is 22.8 Å². The molecule has 1 N–H and O–H groups in total. The average Bonchev–Trinajstić information content (AvgIpc) is 3.08. The molecule has 0 atom stereocenters. The average molecular weight is 369 g/mol. The van der Waals surface area contributed by atoms with Crippen LogP contribution in [0.4, 0.5) is 11.4 Å². The van der Waals surface area contributed by atoms with Gasteiger partial charge in [-0.05, 0) is 23.8 Å². The second-order valence-corrected chi connectivity index (χ2v) is 6.37. The SMILES string of the molecule is CC(=O)Nc1cccc(-n2cnnc2SCc2ccc([N+](=O)[O-])cc2)c1. The molecule has 0 saturated heterocycles. The summed E-state index contributed by atoms with van der Waals surface area (Å²) in [5.74, 6) is 0.459. The standard InChI is InChI=1S/C17H15N5O3S/c1-12(23)19-14-3-2-4-16(9-14)21-11-18-20-17(21)26-10-13-5-7-15(8-6-13)22(24)25/h2-9,11H,10H2,1H3,(H,19,23). The van der Waals surface area contributed by atoms with Crippen LogP contribution >= 0.6 is 11.8 Å². The van der Waals surface area contributed by atoms with Crippen LogP contribution < -0.4 is 5.32 Å². The van der Waals surface area contributed by atoms with Crippen molar-refractivity contribution in [3.63, 3.8) is 0 Å². The minimum atomic E-state index is -0.421. The van der Waals surface area contributed by atoms with Crippen LogP contribution in [-0.2, 0) is 10.5 Å². The lowest BCUT2D eigenvalue weighted by atomic mass is 10.2. The smallest absolute Gasteiger partial charge is 0.269 e. The number of nitrogens with zero attached hydrogens (tertiary/aromatic N) is 4. The lowest BCUT2D eigenvalue weighted by molar-refractivity contribution is -0.384. The van der Waals surface area contributed by atoms with Crippen LogP contribution in [0.5, 0.6) is 0 Å². The fraction of sp³-hybridized carbons (Fsp3) is 0.118. The van der Waals surface area contributed by atoms with Crippen LogP contribution in [0.3, 0.4) is 0 Å². The van der Waals surface area contributed by atoms with E-state index < -0.39 is 4.92 Å². The zero-order valence-corrected chi connectivity index (χ0v) is 14.6. The third-order valence-electron chi connectivity index (χ3n) is 3.48. The predicted molar refractivity (Wildman–Crippen MR) is 98.3 cm³/mol. The predicted octanol–water partition coefficient (Wildman–Crippen LogP) is 3.43. The number of thioether (sulfide) groups is 1. The van der Waals surface area contributed by atoms with Gasteiger partial charge in [0.05, 0.1) is 10.6 Å². The number of hydrogen-bond acceptors (Lipinski definition) is 6. The molecule has 26 heavy (non-hydrogen) atoms. The Hall–Kier alpha value is -3.20. The maximum atomic E-state index is 11.2. The van der Waals surface area contributed by atoms with Crippen molar-refractivity contribution in [2.75, 3.05) is 5.32 Å². The number of carbonyl (C=O) groups excluding carboxylic acids is 1. The zero-order valence-electron chi connectivity index (χ0n) is 13.8. The summed E-state index contributed by atoms with van der Waals surface area (Å²) in [6.07, 6.45) is 1.60. The maximum absolute atomic E-state index is 11.2. The van der Waals surface area contributed by atoms with Crippen LogP contribution in [0.2, 0.25) is 0 Å². The second kappa shape index (κ2) is 7.79. The van der Waals surface area contributed by atoms with E-state index in [1.54, 1.807) is 24.5 Å². The van der Waals surface area contributed by atoms with Crippen LogP contribution in [-0.4, -0.2) is 25.6 Å². The summed E-state index contributed by atoms with van der Waals surface area (Å²) in [4.78, 5) is 21.5. The summed E-state index contributed by atoms with van der Waals surface area (Å²) < 4.78 is 1.82. The van der Waals surface area contributed by atoms with E-state index in [4.69, 9.17) is 0 Å². The van der Waals surface area contributed by atoms with Crippen LogP contribution in [0.15, 0.2) is 60.0 Å². The molecule has 0 aliphatic heterocycles. The number of nitrogens with one attached hydrogen (secondary N) is 1. The molecule has 8 nitrogen and oxygen atoms in total. The van der Waals surface area contributed by atoms with Gasteiger partial charge < -0.3 is 5.32 Å². The molecule has 0 unspecified atom stereocenters. The number of amides is 1. The summed E-state index contributed by atoms with van der Waals surface area (Å²) >= 11 is 1.47. The minimum absolute atomic E-state index is 0.0664. The lowest BCUT2D eigenvalue weighted by Gasteiger charge is -2.08. The van der Waals surface area contributed by atoms with Crippen molar-refractivity contribution < 1.29 is 9.72 Å². The van der Waals surface area contributed by atoms with Gasteiger partial charge >= 0.3 is 0 Å². The Balaban J connectivity index is 1.74. The molecule has 0 aliphatic carbocycles. The Morgan fingerprint density at radius 1 is 1.27 bits per heavy atom. The van der Waals surface area contributed by atoms with E-state index >= 15 is 0 Å². The van der Waals surface area contributed by atoms with E-state index in [1.165, 1.54) is 30.8 Å². The van der Waals surface area contributed by atoms with E-state index in [0.29, 0.717) is 16.6 Å². The summed E-state index contributed by atoms with van der Waals surface area (Å²) in [5, 5.41) is 22.2. The Morgan fingerprint density at radius 2 is 2.04 bits per heavy atom. The van der Waals surface area contributed by atoms with Gasteiger partial charge in [0.2, 0.25) is 5.91 Å². The van der Waals surface area contributed by atoms with Crippen molar-refractivity contribution in [2.45, 2.75) is 17.8 Å². The third kappa shape index (κ3) is 4.25. The normalized spacial score (nSPS) is 10.5. The molecular weight excluding hydrogens is 354 g/mol. The van der Waals surface area contributed by atoms with E-state index in [-0.39, 0.29) is 11.6 Å². The second-order valence-electron chi connectivity index (χ2n) is 5.43. The first kappa shape index (κ1) is 17.6. The van der Waals surface area contributed by atoms with Gasteiger partial charge in [0.15, 0.2) is 5.16 Å². The fourth-order valence-electron chi connectivity index (χ4n) is 2.30. The molecule has 1 aromatic heterocycles. The van der Waals surface area contributed by atoms with Crippen molar-refractivity contribution in [3.8, 4) is 5.69 Å². The van der Waals surface area contributed by atoms with Gasteiger partial charge in [-0.2, -0.15) is 0 Å². The van der Waals surface area contributed by atoms with E-state index in [9.17, 15) is 14.9 Å². The number of anilines is 1. The maximum Gasteiger partial charge on any atom is 0.269 e. The molecule has 0 spiro atoms. The van der Waals surface area contributed by atoms with Crippen LogP contribution in [0.25, 0.3) is 5.69 Å². The number of aromatic nitrogens is 3. The highest BCUT2D eigenvalue weighted by atomic mass is 32.2. The van der Waals surface area contributed by atoms with Crippen LogP contribution in [0, 0.1) is 10.1 Å². The van der Waals surface area contributed by atoms with Gasteiger partial charge in [0, 0.05) is 30.5 Å². The first-order chi connectivity index (χ1) is 12.5. The molecular formula is C17H15N5O3S. The molecule has 0 fully saturated rings. The van der Waals surface area contributed by atoms with E-state index in [2.05, 4.69) is 15.5 Å². The minimum Gasteiger partial charge on any atom is -0.326 e. The van der Waals surface area contributed by atoms with Crippen molar-refractivity contribution in [1.29, 1.82) is 0 Å². The van der Waals surface area contributed by atoms with Gasteiger partial charge in [-0.25, -0.2) is 0 Å². The number of rotatable bonds is 6. The number of carbonyl (C=O) groups is 1. The van der Waals surface area contributed by atoms with E-state index in [0.717, 1.165) is 11.3 Å². The molecule has 1 amide bonds. The quantitative estimate of drug-likeness (QED) is 0.406. The Kier molecular flexibility index (Phi) is 5.28. The number of non-ortho nitro benzene ring substituents is 1. The van der Waals surface area contributed by atoms with Crippen molar-refractivity contribution in [1.82, 2.24) is 14.8 Å². The third-order valence-corrected chi connectivity index (χ3v) is 4.49. The molecule has 0 radical (unpaired) electrons. The summed E-state index contributed by atoms with van der Waals surface area (Å²) in [7, 11) is 0. The first-order valence-corrected chi connectivity index (χ1v) is 8.65. The molecule has 0 saturated carbocycles. The number of hydrogen-bond donors (Lipinski definition) is 1. The van der Waals surface area contributed by atoms with Gasteiger partial charge in [-0.15, -0.1) is 10.2 Å². The molecule has 132 valence electrons. The molecule has 3 aromatic rings.